The van der Waals surface area contributed by atoms with Crippen molar-refractivity contribution in [2.75, 3.05) is 0 Å². The topological polar surface area (TPSA) is 80.4 Å². The van der Waals surface area contributed by atoms with Crippen molar-refractivity contribution in [3.8, 4) is 0 Å². The lowest BCUT2D eigenvalue weighted by Gasteiger charge is -2.72. The number of primary amides is 1. The highest BCUT2D eigenvalue weighted by atomic mass is 16.4. The standard InChI is InChI=1S/C35H52O2.C3H6.CH3NO.CH4/c1-9-24(30(36)37)13-12-23(2)25-16-19-33(6)28(31(25,3)4)17-20-35(8)29(33)15-14-27-26-11-10-18-32(26,5)21-22-34(27,35)7;1-3-2;2-1-3;/h9,12-13,16,26-29H,1,10-11,14-15,17-22H2,2-8H3,(H,36,37);3H,1H2,2H3;1H,(H2,2,3);1H4/b23-12+,24-13+;;;/t26?,27?,28?,29?,32?,33?,34-,35?;;;/m1.../s1. The molecule has 4 fully saturated rings. The second kappa shape index (κ2) is 14.0. The number of amides is 1. The lowest BCUT2D eigenvalue weighted by molar-refractivity contribution is -0.222. The summed E-state index contributed by atoms with van der Waals surface area (Å²) in [7, 11) is 0. The maximum atomic E-state index is 11.5. The van der Waals surface area contributed by atoms with Crippen molar-refractivity contribution in [1.82, 2.24) is 0 Å². The summed E-state index contributed by atoms with van der Waals surface area (Å²) in [4.78, 5) is 20.0. The van der Waals surface area contributed by atoms with Crippen LogP contribution in [0.4, 0.5) is 0 Å². The Balaban J connectivity index is 0.000000893. The highest BCUT2D eigenvalue weighted by Crippen LogP contribution is 2.76. The molecule has 0 aromatic heterocycles. The predicted molar refractivity (Wildman–Crippen MR) is 187 cm³/mol. The molecule has 5 aliphatic carbocycles. The molecule has 0 saturated heterocycles. The van der Waals surface area contributed by atoms with Gasteiger partial charge in [0.2, 0.25) is 6.41 Å². The van der Waals surface area contributed by atoms with E-state index in [1.54, 1.807) is 12.2 Å². The molecule has 44 heavy (non-hydrogen) atoms. The van der Waals surface area contributed by atoms with Crippen LogP contribution in [0.25, 0.3) is 0 Å². The van der Waals surface area contributed by atoms with E-state index in [0.717, 1.165) is 24.2 Å². The minimum atomic E-state index is -0.917. The molecule has 7 unspecified atom stereocenters. The molecule has 0 heterocycles. The van der Waals surface area contributed by atoms with E-state index in [-0.39, 0.29) is 24.8 Å². The van der Waals surface area contributed by atoms with Gasteiger partial charge in [0.1, 0.15) is 0 Å². The van der Waals surface area contributed by atoms with Crippen molar-refractivity contribution in [3.05, 3.63) is 60.3 Å². The summed E-state index contributed by atoms with van der Waals surface area (Å²) in [5.74, 6) is 2.40. The van der Waals surface area contributed by atoms with Crippen LogP contribution in [-0.2, 0) is 9.59 Å². The zero-order valence-electron chi connectivity index (χ0n) is 28.6. The van der Waals surface area contributed by atoms with Gasteiger partial charge in [-0.3, -0.25) is 4.79 Å². The number of rotatable bonds is 4. The Morgan fingerprint density at radius 2 is 1.52 bits per heavy atom. The molecule has 1 amide bonds. The number of allylic oxidation sites excluding steroid dienone is 6. The second-order valence-corrected chi connectivity index (χ2v) is 15.9. The molecule has 3 N–H and O–H groups in total. The molecule has 0 aliphatic heterocycles. The van der Waals surface area contributed by atoms with Crippen LogP contribution in [0.5, 0.6) is 0 Å². The minimum Gasteiger partial charge on any atom is -0.478 e. The molecular weight excluding hydrogens is 542 g/mol. The predicted octanol–water partition coefficient (Wildman–Crippen LogP) is 10.5. The van der Waals surface area contributed by atoms with Crippen LogP contribution in [0.3, 0.4) is 0 Å². The summed E-state index contributed by atoms with van der Waals surface area (Å²) < 4.78 is 0. The van der Waals surface area contributed by atoms with Crippen LogP contribution in [-0.4, -0.2) is 17.5 Å². The first kappa shape index (κ1) is 37.8. The van der Waals surface area contributed by atoms with Gasteiger partial charge < -0.3 is 10.8 Å². The van der Waals surface area contributed by atoms with E-state index in [4.69, 9.17) is 4.79 Å². The van der Waals surface area contributed by atoms with Crippen molar-refractivity contribution in [2.45, 2.75) is 127 Å². The van der Waals surface area contributed by atoms with Crippen molar-refractivity contribution >= 4 is 12.4 Å². The largest absolute Gasteiger partial charge is 0.478 e. The zero-order valence-corrected chi connectivity index (χ0v) is 28.6. The third-order valence-corrected chi connectivity index (χ3v) is 13.8. The fourth-order valence-corrected chi connectivity index (χ4v) is 11.7. The molecule has 0 aromatic carbocycles. The van der Waals surface area contributed by atoms with E-state index in [1.165, 1.54) is 75.0 Å². The van der Waals surface area contributed by atoms with Gasteiger partial charge in [0.05, 0.1) is 5.57 Å². The Morgan fingerprint density at radius 1 is 0.909 bits per heavy atom. The first-order chi connectivity index (χ1) is 20.1. The van der Waals surface area contributed by atoms with E-state index in [9.17, 15) is 9.90 Å². The quantitative estimate of drug-likeness (QED) is 0.144. The highest BCUT2D eigenvalue weighted by molar-refractivity contribution is 5.90. The first-order valence-corrected chi connectivity index (χ1v) is 16.8. The molecule has 0 spiro atoms. The molecule has 0 bridgehead atoms. The van der Waals surface area contributed by atoms with Gasteiger partial charge in [-0.15, -0.1) is 6.58 Å². The van der Waals surface area contributed by atoms with Crippen LogP contribution in [0, 0.1) is 50.7 Å². The smallest absolute Gasteiger partial charge is 0.335 e. The molecule has 4 heteroatoms. The number of carbonyl (C=O) groups excluding carboxylic acids is 1. The van der Waals surface area contributed by atoms with Gasteiger partial charge in [-0.05, 0) is 140 Å². The Labute approximate surface area is 270 Å². The van der Waals surface area contributed by atoms with Gasteiger partial charge in [-0.25, -0.2) is 4.79 Å². The monoisotopic (exact) mass is 607 g/mol. The summed E-state index contributed by atoms with van der Waals surface area (Å²) in [6.07, 6.45) is 23.7. The third-order valence-electron chi connectivity index (χ3n) is 13.8. The average Bonchev–Trinajstić information content (AvgIpc) is 3.31. The maximum absolute atomic E-state index is 11.5. The third kappa shape index (κ3) is 6.08. The Morgan fingerprint density at radius 3 is 2.09 bits per heavy atom. The van der Waals surface area contributed by atoms with Crippen LogP contribution in [0.15, 0.2) is 60.3 Å². The molecule has 0 radical (unpaired) electrons. The number of hydrogen-bond acceptors (Lipinski definition) is 2. The number of hydrogen-bond donors (Lipinski definition) is 2. The molecule has 4 nitrogen and oxygen atoms in total. The Hall–Kier alpha value is -2.36. The molecule has 8 atom stereocenters. The van der Waals surface area contributed by atoms with E-state index in [2.05, 4.69) is 73.4 Å². The van der Waals surface area contributed by atoms with Crippen LogP contribution in [0.2, 0.25) is 0 Å². The minimum absolute atomic E-state index is 0. The molecule has 248 valence electrons. The number of aliphatic carboxylic acids is 1. The Bertz CT molecular complexity index is 1170. The average molecular weight is 608 g/mol. The first-order valence-electron chi connectivity index (χ1n) is 16.8. The van der Waals surface area contributed by atoms with Gasteiger partial charge >= 0.3 is 5.97 Å². The molecular formula is C40H65NO3. The van der Waals surface area contributed by atoms with E-state index < -0.39 is 5.97 Å². The van der Waals surface area contributed by atoms with Crippen LogP contribution < -0.4 is 5.73 Å². The number of carbonyl (C=O) groups is 2. The van der Waals surface area contributed by atoms with Crippen molar-refractivity contribution in [1.29, 1.82) is 0 Å². The summed E-state index contributed by atoms with van der Waals surface area (Å²) in [6.45, 7) is 26.8. The Kier molecular flexibility index (Phi) is 12.0. The number of nitrogens with two attached hydrogens (primary N) is 1. The summed E-state index contributed by atoms with van der Waals surface area (Å²) in [5.41, 5.74) is 8.97. The van der Waals surface area contributed by atoms with E-state index in [0.29, 0.717) is 27.6 Å². The van der Waals surface area contributed by atoms with Gasteiger partial charge in [0.25, 0.3) is 0 Å². The summed E-state index contributed by atoms with van der Waals surface area (Å²) >= 11 is 0. The lowest BCUT2D eigenvalue weighted by atomic mass is 9.33. The van der Waals surface area contributed by atoms with E-state index in [1.807, 2.05) is 13.0 Å². The van der Waals surface area contributed by atoms with E-state index >= 15 is 0 Å². The number of carboxylic acids is 1. The summed E-state index contributed by atoms with van der Waals surface area (Å²) in [6, 6.07) is 0. The zero-order chi connectivity index (χ0) is 32.4. The van der Waals surface area contributed by atoms with Crippen molar-refractivity contribution < 1.29 is 14.7 Å². The fourth-order valence-electron chi connectivity index (χ4n) is 11.7. The molecule has 4 saturated carbocycles. The van der Waals surface area contributed by atoms with Gasteiger partial charge in [0, 0.05) is 0 Å². The molecule has 5 rings (SSSR count). The normalized spacial score (nSPS) is 40.2. The highest BCUT2D eigenvalue weighted by Gasteiger charge is 2.68. The fraction of sp³-hybridized carbons (Fsp3) is 0.700. The SMILES string of the molecule is C.C=C/C(=C\C=C(/C)C1=CCC2(C)C(CCC3(C)C2CCC2C4CCCC4(C)CC[C@]23C)C1(C)C)C(=O)O.C=CC.NC=O. The van der Waals surface area contributed by atoms with Gasteiger partial charge in [-0.2, -0.15) is 0 Å². The summed E-state index contributed by atoms with van der Waals surface area (Å²) in [5, 5.41) is 9.41. The van der Waals surface area contributed by atoms with Gasteiger partial charge in [-0.1, -0.05) is 86.3 Å². The van der Waals surface area contributed by atoms with Crippen LogP contribution >= 0.6 is 0 Å². The molecule has 0 aromatic rings. The number of carboxylic acid groups (broad SMARTS) is 1. The van der Waals surface area contributed by atoms with Crippen molar-refractivity contribution in [3.63, 3.8) is 0 Å². The molecule has 5 aliphatic rings. The second-order valence-electron chi connectivity index (χ2n) is 15.9. The van der Waals surface area contributed by atoms with Gasteiger partial charge in [0.15, 0.2) is 0 Å². The lowest BCUT2D eigenvalue weighted by Crippen LogP contribution is -2.64. The number of fused-ring (bicyclic) bond motifs is 7. The van der Waals surface area contributed by atoms with Crippen LogP contribution in [0.1, 0.15) is 127 Å². The maximum Gasteiger partial charge on any atom is 0.335 e. The van der Waals surface area contributed by atoms with Crippen molar-refractivity contribution in [2.24, 2.45) is 56.5 Å².